The molecule has 27 heavy (non-hydrogen) atoms. The summed E-state index contributed by atoms with van der Waals surface area (Å²) < 4.78 is 10.8. The molecule has 6 heteroatoms. The smallest absolute Gasteiger partial charge is 0.407 e. The van der Waals surface area contributed by atoms with Gasteiger partial charge in [0, 0.05) is 11.7 Å². The van der Waals surface area contributed by atoms with E-state index in [0.717, 1.165) is 5.56 Å². The third-order valence-electron chi connectivity index (χ3n) is 3.63. The predicted octanol–water partition coefficient (Wildman–Crippen LogP) is 4.07. The van der Waals surface area contributed by atoms with Crippen molar-refractivity contribution in [3.8, 4) is 0 Å². The molecule has 152 valence electrons. The fourth-order valence-corrected chi connectivity index (χ4v) is 2.53. The van der Waals surface area contributed by atoms with Crippen LogP contribution in [0.2, 0.25) is 0 Å². The summed E-state index contributed by atoms with van der Waals surface area (Å²) in [6.45, 7) is 12.7. The molecule has 0 saturated heterocycles. The van der Waals surface area contributed by atoms with Gasteiger partial charge in [-0.25, -0.2) is 4.79 Å². The van der Waals surface area contributed by atoms with Gasteiger partial charge in [-0.2, -0.15) is 0 Å². The van der Waals surface area contributed by atoms with Gasteiger partial charge in [-0.3, -0.25) is 4.79 Å². The van der Waals surface area contributed by atoms with Crippen LogP contribution in [0.25, 0.3) is 0 Å². The molecule has 0 spiro atoms. The first-order valence-corrected chi connectivity index (χ1v) is 9.32. The molecule has 6 nitrogen and oxygen atoms in total. The second kappa shape index (κ2) is 9.11. The van der Waals surface area contributed by atoms with Gasteiger partial charge in [-0.05, 0) is 72.1 Å². The maximum Gasteiger partial charge on any atom is 0.407 e. The van der Waals surface area contributed by atoms with E-state index in [4.69, 9.17) is 15.2 Å². The van der Waals surface area contributed by atoms with E-state index in [1.807, 2.05) is 65.8 Å². The Balaban J connectivity index is 2.84. The molecule has 0 aliphatic carbocycles. The highest BCUT2D eigenvalue weighted by atomic mass is 16.6. The van der Waals surface area contributed by atoms with Gasteiger partial charge in [0.25, 0.3) is 0 Å². The Kier molecular flexibility index (Phi) is 7.69. The third kappa shape index (κ3) is 9.87. The number of ether oxygens (including phenoxy) is 2. The van der Waals surface area contributed by atoms with Gasteiger partial charge >= 0.3 is 12.1 Å². The van der Waals surface area contributed by atoms with E-state index < -0.39 is 17.3 Å². The maximum atomic E-state index is 12.3. The molecular formula is C21H34N2O4. The minimum atomic E-state index is -0.591. The highest BCUT2D eigenvalue weighted by Crippen LogP contribution is 2.18. The van der Waals surface area contributed by atoms with Crippen molar-refractivity contribution < 1.29 is 19.1 Å². The number of hydrogen-bond acceptors (Lipinski definition) is 5. The number of anilines is 1. The summed E-state index contributed by atoms with van der Waals surface area (Å²) in [7, 11) is 0. The van der Waals surface area contributed by atoms with Crippen molar-refractivity contribution in [2.45, 2.75) is 78.6 Å². The van der Waals surface area contributed by atoms with E-state index >= 15 is 0 Å². The topological polar surface area (TPSA) is 90.6 Å². The molecule has 0 heterocycles. The van der Waals surface area contributed by atoms with Crippen LogP contribution in [-0.4, -0.2) is 29.3 Å². The molecule has 2 atom stereocenters. The van der Waals surface area contributed by atoms with Crippen LogP contribution in [0.3, 0.4) is 0 Å². The fraction of sp³-hybridized carbons (Fsp3) is 0.619. The number of nitrogen functional groups attached to an aromatic ring is 1. The predicted molar refractivity (Wildman–Crippen MR) is 107 cm³/mol. The quantitative estimate of drug-likeness (QED) is 0.575. The average Bonchev–Trinajstić information content (AvgIpc) is 2.45. The number of carbonyl (C=O) groups excluding carboxylic acids is 2. The lowest BCUT2D eigenvalue weighted by molar-refractivity contribution is -0.159. The number of benzene rings is 1. The number of carbonyl (C=O) groups is 2. The number of rotatable bonds is 6. The Bertz CT molecular complexity index is 627. The first-order chi connectivity index (χ1) is 12.2. The van der Waals surface area contributed by atoms with E-state index in [1.54, 1.807) is 6.92 Å². The second-order valence-corrected chi connectivity index (χ2v) is 8.96. The van der Waals surface area contributed by atoms with Gasteiger partial charge in [0.1, 0.15) is 11.2 Å². The summed E-state index contributed by atoms with van der Waals surface area (Å²) in [6, 6.07) is 7.19. The summed E-state index contributed by atoms with van der Waals surface area (Å²) in [5.74, 6) is -0.645. The first-order valence-electron chi connectivity index (χ1n) is 9.32. The van der Waals surface area contributed by atoms with E-state index in [2.05, 4.69) is 5.32 Å². The fourth-order valence-electron chi connectivity index (χ4n) is 2.53. The molecule has 1 aromatic carbocycles. The molecule has 0 aromatic heterocycles. The SMILES string of the molecule is C[C@@H](C[C@H](Cc1ccc(N)cc1)NC(=O)OC(C)(C)C)C(=O)OC(C)(C)C. The van der Waals surface area contributed by atoms with Crippen LogP contribution in [0.1, 0.15) is 60.5 Å². The van der Waals surface area contributed by atoms with Crippen molar-refractivity contribution in [1.82, 2.24) is 5.32 Å². The van der Waals surface area contributed by atoms with Gasteiger partial charge in [-0.1, -0.05) is 19.1 Å². The molecule has 0 aliphatic rings. The largest absolute Gasteiger partial charge is 0.460 e. The number of nitrogens with two attached hydrogens (primary N) is 1. The molecule has 0 radical (unpaired) electrons. The Morgan fingerprint density at radius 3 is 2.00 bits per heavy atom. The van der Waals surface area contributed by atoms with Crippen molar-refractivity contribution in [3.63, 3.8) is 0 Å². The van der Waals surface area contributed by atoms with Gasteiger partial charge < -0.3 is 20.5 Å². The van der Waals surface area contributed by atoms with Crippen molar-refractivity contribution in [1.29, 1.82) is 0 Å². The zero-order valence-corrected chi connectivity index (χ0v) is 17.6. The van der Waals surface area contributed by atoms with Gasteiger partial charge in [0.05, 0.1) is 5.92 Å². The maximum absolute atomic E-state index is 12.3. The summed E-state index contributed by atoms with van der Waals surface area (Å²) >= 11 is 0. The van der Waals surface area contributed by atoms with Crippen LogP contribution in [0.15, 0.2) is 24.3 Å². The molecule has 3 N–H and O–H groups in total. The van der Waals surface area contributed by atoms with Crippen LogP contribution in [0, 0.1) is 5.92 Å². The van der Waals surface area contributed by atoms with E-state index in [0.29, 0.717) is 18.5 Å². The van der Waals surface area contributed by atoms with Gasteiger partial charge in [0.2, 0.25) is 0 Å². The lowest BCUT2D eigenvalue weighted by atomic mass is 9.96. The molecule has 0 unspecified atom stereocenters. The Hall–Kier alpha value is -2.24. The zero-order chi connectivity index (χ0) is 20.8. The molecule has 1 aromatic rings. The van der Waals surface area contributed by atoms with Crippen LogP contribution in [0.4, 0.5) is 10.5 Å². The number of nitrogens with one attached hydrogen (secondary N) is 1. The molecule has 1 rings (SSSR count). The summed E-state index contributed by atoms with van der Waals surface area (Å²) in [5.41, 5.74) is 6.29. The van der Waals surface area contributed by atoms with E-state index in [-0.39, 0.29) is 17.9 Å². The Morgan fingerprint density at radius 1 is 1.00 bits per heavy atom. The van der Waals surface area contributed by atoms with E-state index in [9.17, 15) is 9.59 Å². The van der Waals surface area contributed by atoms with Crippen LogP contribution in [0.5, 0.6) is 0 Å². The van der Waals surface area contributed by atoms with Crippen molar-refractivity contribution in [3.05, 3.63) is 29.8 Å². The lowest BCUT2D eigenvalue weighted by Crippen LogP contribution is -2.42. The lowest BCUT2D eigenvalue weighted by Gasteiger charge is -2.27. The standard InChI is InChI=1S/C21H34N2O4/c1-14(18(24)26-20(2,3)4)12-17(23-19(25)27-21(5,6)7)13-15-8-10-16(22)11-9-15/h8-11,14,17H,12-13,22H2,1-7H3,(H,23,25)/t14-,17+/m0/s1. The zero-order valence-electron chi connectivity index (χ0n) is 17.6. The minimum Gasteiger partial charge on any atom is -0.460 e. The second-order valence-electron chi connectivity index (χ2n) is 8.96. The molecule has 0 aliphatic heterocycles. The third-order valence-corrected chi connectivity index (χ3v) is 3.63. The normalized spacial score (nSPS) is 14.2. The molecule has 1 amide bonds. The minimum absolute atomic E-state index is 0.272. The molecule has 0 saturated carbocycles. The van der Waals surface area contributed by atoms with Crippen molar-refractivity contribution >= 4 is 17.7 Å². The molecular weight excluding hydrogens is 344 g/mol. The Morgan fingerprint density at radius 2 is 1.52 bits per heavy atom. The summed E-state index contributed by atoms with van der Waals surface area (Å²) in [5, 5.41) is 2.89. The highest BCUT2D eigenvalue weighted by Gasteiger charge is 2.26. The van der Waals surface area contributed by atoms with Crippen LogP contribution < -0.4 is 11.1 Å². The van der Waals surface area contributed by atoms with E-state index in [1.165, 1.54) is 0 Å². The number of amides is 1. The summed E-state index contributed by atoms with van der Waals surface area (Å²) in [4.78, 5) is 24.5. The Labute approximate surface area is 162 Å². The van der Waals surface area contributed by atoms with Crippen molar-refractivity contribution in [2.75, 3.05) is 5.73 Å². The van der Waals surface area contributed by atoms with Crippen LogP contribution in [-0.2, 0) is 20.7 Å². The average molecular weight is 379 g/mol. The monoisotopic (exact) mass is 378 g/mol. The molecule has 0 fully saturated rings. The first kappa shape index (κ1) is 22.8. The number of alkyl carbamates (subject to hydrolysis) is 1. The van der Waals surface area contributed by atoms with Gasteiger partial charge in [-0.15, -0.1) is 0 Å². The van der Waals surface area contributed by atoms with Crippen LogP contribution >= 0.6 is 0 Å². The van der Waals surface area contributed by atoms with Gasteiger partial charge in [0.15, 0.2) is 0 Å². The summed E-state index contributed by atoms with van der Waals surface area (Å²) in [6.07, 6.45) is 0.505. The number of esters is 1. The highest BCUT2D eigenvalue weighted by molar-refractivity contribution is 5.73. The van der Waals surface area contributed by atoms with Crippen molar-refractivity contribution in [2.24, 2.45) is 5.92 Å². The number of hydrogen-bond donors (Lipinski definition) is 2. The molecule has 0 bridgehead atoms.